The van der Waals surface area contributed by atoms with Gasteiger partial charge in [-0.15, -0.1) is 0 Å². The van der Waals surface area contributed by atoms with Crippen molar-refractivity contribution in [1.82, 2.24) is 0 Å². The molecule has 0 saturated carbocycles. The second-order valence-corrected chi connectivity index (χ2v) is 4.47. The van der Waals surface area contributed by atoms with Crippen LogP contribution in [0, 0.1) is 5.92 Å². The van der Waals surface area contributed by atoms with Crippen LogP contribution in [0.4, 0.5) is 0 Å². The summed E-state index contributed by atoms with van der Waals surface area (Å²) in [6.07, 6.45) is 1.21. The number of hydrogen-bond acceptors (Lipinski definition) is 3. The van der Waals surface area contributed by atoms with E-state index in [-0.39, 0.29) is 5.78 Å². The molecule has 0 aromatic carbocycles. The lowest BCUT2D eigenvalue weighted by molar-refractivity contribution is -0.161. The van der Waals surface area contributed by atoms with E-state index in [1.807, 2.05) is 6.92 Å². The van der Waals surface area contributed by atoms with Crippen molar-refractivity contribution < 1.29 is 14.3 Å². The largest absolute Gasteiger partial charge is 0.459 e. The van der Waals surface area contributed by atoms with Crippen molar-refractivity contribution in [2.45, 2.75) is 53.1 Å². The topological polar surface area (TPSA) is 43.4 Å². The van der Waals surface area contributed by atoms with Crippen LogP contribution in [0.25, 0.3) is 0 Å². The highest BCUT2D eigenvalue weighted by atomic mass is 16.6. The summed E-state index contributed by atoms with van der Waals surface area (Å²) in [5, 5.41) is 0. The number of hydrogen-bond donors (Lipinski definition) is 0. The summed E-state index contributed by atoms with van der Waals surface area (Å²) < 4.78 is 5.11. The van der Waals surface area contributed by atoms with E-state index in [1.165, 1.54) is 0 Å². The molecule has 0 aliphatic rings. The van der Waals surface area contributed by atoms with Gasteiger partial charge in [-0.3, -0.25) is 9.59 Å². The Balaban J connectivity index is 4.19. The van der Waals surface area contributed by atoms with Crippen LogP contribution >= 0.6 is 0 Å². The van der Waals surface area contributed by atoms with Crippen LogP contribution in [0.15, 0.2) is 0 Å². The molecule has 0 aliphatic carbocycles. The second-order valence-electron chi connectivity index (χ2n) is 4.47. The van der Waals surface area contributed by atoms with Crippen molar-refractivity contribution in [2.24, 2.45) is 5.92 Å². The number of ketones is 1. The minimum atomic E-state index is -0.630. The summed E-state index contributed by atoms with van der Waals surface area (Å²) in [7, 11) is 0. The molecule has 0 heterocycles. The number of rotatable bonds is 4. The number of carbonyl (C=O) groups is 2. The van der Waals surface area contributed by atoms with Gasteiger partial charge in [-0.2, -0.15) is 0 Å². The van der Waals surface area contributed by atoms with E-state index in [2.05, 4.69) is 0 Å². The van der Waals surface area contributed by atoms with Crippen molar-refractivity contribution in [3.05, 3.63) is 0 Å². The Hall–Kier alpha value is -0.860. The molecule has 3 heteroatoms. The third-order valence-corrected chi connectivity index (χ3v) is 1.74. The van der Waals surface area contributed by atoms with Crippen LogP contribution in [0.2, 0.25) is 0 Å². The molecule has 0 bridgehead atoms. The molecule has 14 heavy (non-hydrogen) atoms. The first-order valence-corrected chi connectivity index (χ1v) is 5.03. The van der Waals surface area contributed by atoms with Gasteiger partial charge in [0.1, 0.15) is 17.3 Å². The quantitative estimate of drug-likeness (QED) is 0.516. The van der Waals surface area contributed by atoms with Crippen LogP contribution in [0.3, 0.4) is 0 Å². The van der Waals surface area contributed by atoms with E-state index < -0.39 is 17.5 Å². The number of ether oxygens (including phenoxy) is 1. The predicted octanol–water partition coefficient (Wildman–Crippen LogP) is 2.33. The Bertz CT molecular complexity index is 213. The fourth-order valence-electron chi connectivity index (χ4n) is 0.985. The van der Waals surface area contributed by atoms with Gasteiger partial charge in [0, 0.05) is 6.42 Å². The zero-order chi connectivity index (χ0) is 11.4. The molecule has 0 fully saturated rings. The molecule has 0 spiro atoms. The number of carbonyl (C=O) groups excluding carboxylic acids is 2. The lowest BCUT2D eigenvalue weighted by Gasteiger charge is -2.21. The zero-order valence-corrected chi connectivity index (χ0v) is 9.72. The fourth-order valence-corrected chi connectivity index (χ4v) is 0.985. The highest BCUT2D eigenvalue weighted by Gasteiger charge is 2.26. The van der Waals surface area contributed by atoms with Crippen molar-refractivity contribution in [1.29, 1.82) is 0 Å². The molecule has 82 valence electrons. The Labute approximate surface area is 85.8 Å². The van der Waals surface area contributed by atoms with E-state index >= 15 is 0 Å². The van der Waals surface area contributed by atoms with Crippen molar-refractivity contribution >= 4 is 11.8 Å². The van der Waals surface area contributed by atoms with Gasteiger partial charge in [0.2, 0.25) is 0 Å². The Morgan fingerprint density at radius 1 is 1.29 bits per heavy atom. The van der Waals surface area contributed by atoms with E-state index in [4.69, 9.17) is 4.74 Å². The minimum absolute atomic E-state index is 0.0400. The van der Waals surface area contributed by atoms with Gasteiger partial charge in [-0.25, -0.2) is 0 Å². The summed E-state index contributed by atoms with van der Waals surface area (Å²) >= 11 is 0. The zero-order valence-electron chi connectivity index (χ0n) is 9.72. The van der Waals surface area contributed by atoms with E-state index in [1.54, 1.807) is 27.7 Å². The molecule has 0 rings (SSSR count). The molecule has 1 atom stereocenters. The molecule has 0 aliphatic heterocycles. The van der Waals surface area contributed by atoms with Gasteiger partial charge in [-0.05, 0) is 34.1 Å². The highest BCUT2D eigenvalue weighted by Crippen LogP contribution is 2.13. The fraction of sp³-hybridized carbons (Fsp3) is 0.818. The van der Waals surface area contributed by atoms with Gasteiger partial charge in [0.15, 0.2) is 0 Å². The van der Waals surface area contributed by atoms with Gasteiger partial charge in [0.25, 0.3) is 0 Å². The maximum absolute atomic E-state index is 11.4. The van der Waals surface area contributed by atoms with Crippen molar-refractivity contribution in [2.75, 3.05) is 0 Å². The van der Waals surface area contributed by atoms with Crippen LogP contribution < -0.4 is 0 Å². The second kappa shape index (κ2) is 5.13. The lowest BCUT2D eigenvalue weighted by Crippen LogP contribution is -2.31. The normalized spacial score (nSPS) is 13.5. The minimum Gasteiger partial charge on any atom is -0.459 e. The summed E-state index contributed by atoms with van der Waals surface area (Å²) in [5.41, 5.74) is -0.516. The van der Waals surface area contributed by atoms with Crippen LogP contribution in [-0.4, -0.2) is 17.4 Å². The lowest BCUT2D eigenvalue weighted by atomic mass is 10.0. The van der Waals surface area contributed by atoms with Gasteiger partial charge >= 0.3 is 5.97 Å². The maximum atomic E-state index is 11.4. The van der Waals surface area contributed by atoms with Crippen molar-refractivity contribution in [3.63, 3.8) is 0 Å². The highest BCUT2D eigenvalue weighted by molar-refractivity contribution is 5.98. The third-order valence-electron chi connectivity index (χ3n) is 1.74. The van der Waals surface area contributed by atoms with E-state index in [0.29, 0.717) is 6.42 Å². The van der Waals surface area contributed by atoms with Gasteiger partial charge in [-0.1, -0.05) is 6.92 Å². The molecule has 0 aromatic heterocycles. The van der Waals surface area contributed by atoms with E-state index in [0.717, 1.165) is 6.42 Å². The molecule has 0 unspecified atom stereocenters. The summed E-state index contributed by atoms with van der Waals surface area (Å²) in [4.78, 5) is 22.8. The Kier molecular flexibility index (Phi) is 4.81. The molecule has 3 nitrogen and oxygen atoms in total. The molecule has 0 N–H and O–H groups in total. The smallest absolute Gasteiger partial charge is 0.316 e. The average molecular weight is 200 g/mol. The standard InChI is InChI=1S/C11H20O3/c1-6-7-9(12)8(2)10(13)14-11(3,4)5/h8H,6-7H2,1-5H3/t8-/m1/s1. The Morgan fingerprint density at radius 2 is 1.79 bits per heavy atom. The first-order chi connectivity index (χ1) is 6.28. The molecular weight excluding hydrogens is 180 g/mol. The maximum Gasteiger partial charge on any atom is 0.316 e. The van der Waals surface area contributed by atoms with Crippen LogP contribution in [0.1, 0.15) is 47.5 Å². The first kappa shape index (κ1) is 13.1. The van der Waals surface area contributed by atoms with E-state index in [9.17, 15) is 9.59 Å². The molecule has 0 saturated heterocycles. The predicted molar refractivity (Wildman–Crippen MR) is 54.9 cm³/mol. The summed E-state index contributed by atoms with van der Waals surface area (Å²) in [5.74, 6) is -1.09. The molecule has 0 radical (unpaired) electrons. The van der Waals surface area contributed by atoms with Gasteiger partial charge in [0.05, 0.1) is 0 Å². The van der Waals surface area contributed by atoms with Crippen molar-refractivity contribution in [3.8, 4) is 0 Å². The average Bonchev–Trinajstić information content (AvgIpc) is 2.00. The molecular formula is C11H20O3. The van der Waals surface area contributed by atoms with Gasteiger partial charge < -0.3 is 4.74 Å². The van der Waals surface area contributed by atoms with Crippen LogP contribution in [0.5, 0.6) is 0 Å². The molecule has 0 amide bonds. The SMILES string of the molecule is CCCC(=O)[C@@H](C)C(=O)OC(C)(C)C. The number of Topliss-reactive ketones (excluding diaryl/α,β-unsaturated/α-hetero) is 1. The van der Waals surface area contributed by atoms with Crippen LogP contribution in [-0.2, 0) is 14.3 Å². The Morgan fingerprint density at radius 3 is 2.14 bits per heavy atom. The number of esters is 1. The first-order valence-electron chi connectivity index (χ1n) is 5.03. The molecule has 0 aromatic rings. The summed E-state index contributed by atoms with van der Waals surface area (Å²) in [6, 6.07) is 0. The third kappa shape index (κ3) is 5.00. The monoisotopic (exact) mass is 200 g/mol. The summed E-state index contributed by atoms with van der Waals surface area (Å²) in [6.45, 7) is 8.90.